The summed E-state index contributed by atoms with van der Waals surface area (Å²) in [6.07, 6.45) is 3.87. The molecule has 0 aromatic carbocycles. The third-order valence-corrected chi connectivity index (χ3v) is 2.03. The van der Waals surface area contributed by atoms with Crippen molar-refractivity contribution in [1.82, 2.24) is 9.97 Å². The Bertz CT molecular complexity index is 281. The Balaban J connectivity index is 2.92. The number of hydrogen-bond acceptors (Lipinski definition) is 3. The van der Waals surface area contributed by atoms with Crippen molar-refractivity contribution in [3.05, 3.63) is 23.3 Å². The first kappa shape index (κ1) is 10.1. The van der Waals surface area contributed by atoms with Crippen LogP contribution in [0.15, 0.2) is 6.20 Å². The largest absolute Gasteiger partial charge is 0.324 e. The summed E-state index contributed by atoms with van der Waals surface area (Å²) in [6, 6.07) is 0.0238. The van der Waals surface area contributed by atoms with Gasteiger partial charge in [-0.15, -0.1) is 0 Å². The lowest BCUT2D eigenvalue weighted by Crippen LogP contribution is -2.10. The van der Waals surface area contributed by atoms with Gasteiger partial charge in [-0.3, -0.25) is 0 Å². The second-order valence-corrected chi connectivity index (χ2v) is 3.37. The van der Waals surface area contributed by atoms with Gasteiger partial charge in [0.05, 0.1) is 0 Å². The Morgan fingerprint density at radius 3 is 2.69 bits per heavy atom. The van der Waals surface area contributed by atoms with Crippen LogP contribution in [0.1, 0.15) is 43.4 Å². The van der Waals surface area contributed by atoms with Crippen LogP contribution < -0.4 is 5.73 Å². The van der Waals surface area contributed by atoms with Crippen molar-refractivity contribution >= 4 is 0 Å². The quantitative estimate of drug-likeness (QED) is 0.769. The van der Waals surface area contributed by atoms with Crippen molar-refractivity contribution in [2.45, 2.75) is 39.7 Å². The molecule has 0 aliphatic carbocycles. The van der Waals surface area contributed by atoms with Crippen LogP contribution in [0.2, 0.25) is 0 Å². The molecule has 0 fully saturated rings. The minimum Gasteiger partial charge on any atom is -0.324 e. The maximum atomic E-state index is 5.76. The molecule has 1 rings (SSSR count). The smallest absolute Gasteiger partial charge is 0.128 e. The van der Waals surface area contributed by atoms with Crippen LogP contribution in [0.4, 0.5) is 0 Å². The highest BCUT2D eigenvalue weighted by molar-refractivity contribution is 5.19. The van der Waals surface area contributed by atoms with Crippen molar-refractivity contribution in [3.63, 3.8) is 0 Å². The summed E-state index contributed by atoms with van der Waals surface area (Å²) in [5.41, 5.74) is 7.81. The van der Waals surface area contributed by atoms with E-state index in [1.807, 2.05) is 20.0 Å². The highest BCUT2D eigenvalue weighted by Gasteiger charge is 2.06. The van der Waals surface area contributed by atoms with E-state index in [-0.39, 0.29) is 6.04 Å². The molecular formula is C10H17N3. The molecule has 0 aliphatic rings. The van der Waals surface area contributed by atoms with Crippen LogP contribution >= 0.6 is 0 Å². The third-order valence-electron chi connectivity index (χ3n) is 2.03. The van der Waals surface area contributed by atoms with Gasteiger partial charge in [-0.2, -0.15) is 0 Å². The molecule has 0 spiro atoms. The Kier molecular flexibility index (Phi) is 3.37. The SMILES string of the molecule is CCCc1ncc([C@@H](C)N)c(C)n1. The fraction of sp³-hybridized carbons (Fsp3) is 0.600. The summed E-state index contributed by atoms with van der Waals surface area (Å²) in [6.45, 7) is 6.06. The van der Waals surface area contributed by atoms with Crippen LogP contribution in [-0.2, 0) is 6.42 Å². The summed E-state index contributed by atoms with van der Waals surface area (Å²) >= 11 is 0. The zero-order valence-corrected chi connectivity index (χ0v) is 8.54. The van der Waals surface area contributed by atoms with Gasteiger partial charge in [0.2, 0.25) is 0 Å². The zero-order valence-electron chi connectivity index (χ0n) is 8.54. The summed E-state index contributed by atoms with van der Waals surface area (Å²) < 4.78 is 0. The molecule has 3 nitrogen and oxygen atoms in total. The Morgan fingerprint density at radius 2 is 2.23 bits per heavy atom. The molecule has 1 aromatic heterocycles. The van der Waals surface area contributed by atoms with E-state index in [9.17, 15) is 0 Å². The topological polar surface area (TPSA) is 51.8 Å². The number of aromatic nitrogens is 2. The average Bonchev–Trinajstić information content (AvgIpc) is 2.04. The van der Waals surface area contributed by atoms with Crippen LogP contribution in [-0.4, -0.2) is 9.97 Å². The molecule has 0 saturated heterocycles. The predicted octanol–water partition coefficient (Wildman–Crippen LogP) is 1.76. The molecule has 1 aromatic rings. The van der Waals surface area contributed by atoms with Gasteiger partial charge < -0.3 is 5.73 Å². The van der Waals surface area contributed by atoms with E-state index in [1.165, 1.54) is 0 Å². The molecule has 13 heavy (non-hydrogen) atoms. The first-order chi connectivity index (χ1) is 6.15. The van der Waals surface area contributed by atoms with Crippen molar-refractivity contribution in [3.8, 4) is 0 Å². The van der Waals surface area contributed by atoms with E-state index in [2.05, 4.69) is 16.9 Å². The summed E-state index contributed by atoms with van der Waals surface area (Å²) in [4.78, 5) is 8.65. The number of nitrogens with zero attached hydrogens (tertiary/aromatic N) is 2. The maximum Gasteiger partial charge on any atom is 0.128 e. The molecule has 0 unspecified atom stereocenters. The fourth-order valence-corrected chi connectivity index (χ4v) is 1.32. The molecule has 1 heterocycles. The van der Waals surface area contributed by atoms with Crippen LogP contribution in [0.25, 0.3) is 0 Å². The lowest BCUT2D eigenvalue weighted by Gasteiger charge is -2.08. The molecule has 0 saturated carbocycles. The van der Waals surface area contributed by atoms with Crippen molar-refractivity contribution in [1.29, 1.82) is 0 Å². The Morgan fingerprint density at radius 1 is 1.54 bits per heavy atom. The van der Waals surface area contributed by atoms with Crippen molar-refractivity contribution in [2.75, 3.05) is 0 Å². The number of nitrogens with two attached hydrogens (primary N) is 1. The second kappa shape index (κ2) is 4.33. The van der Waals surface area contributed by atoms with Crippen LogP contribution in [0, 0.1) is 6.92 Å². The molecule has 0 bridgehead atoms. The summed E-state index contributed by atoms with van der Waals surface area (Å²) in [7, 11) is 0. The Labute approximate surface area is 79.4 Å². The third kappa shape index (κ3) is 2.49. The minimum absolute atomic E-state index is 0.0238. The Hall–Kier alpha value is -0.960. The number of hydrogen-bond donors (Lipinski definition) is 1. The summed E-state index contributed by atoms with van der Waals surface area (Å²) in [5, 5.41) is 0. The molecule has 1 atom stereocenters. The van der Waals surface area contributed by atoms with Gasteiger partial charge in [0.25, 0.3) is 0 Å². The highest BCUT2D eigenvalue weighted by atomic mass is 14.9. The van der Waals surface area contributed by atoms with E-state index >= 15 is 0 Å². The molecule has 3 heteroatoms. The van der Waals surface area contributed by atoms with Crippen LogP contribution in [0.3, 0.4) is 0 Å². The van der Waals surface area contributed by atoms with E-state index in [4.69, 9.17) is 5.73 Å². The van der Waals surface area contributed by atoms with Gasteiger partial charge in [0, 0.05) is 29.9 Å². The van der Waals surface area contributed by atoms with Gasteiger partial charge >= 0.3 is 0 Å². The van der Waals surface area contributed by atoms with Gasteiger partial charge in [0.15, 0.2) is 0 Å². The van der Waals surface area contributed by atoms with Crippen molar-refractivity contribution in [2.24, 2.45) is 5.73 Å². The molecular weight excluding hydrogens is 162 g/mol. The molecule has 2 N–H and O–H groups in total. The van der Waals surface area contributed by atoms with E-state index < -0.39 is 0 Å². The first-order valence-corrected chi connectivity index (χ1v) is 4.73. The molecule has 0 radical (unpaired) electrons. The summed E-state index contributed by atoms with van der Waals surface area (Å²) in [5.74, 6) is 0.921. The molecule has 0 aliphatic heterocycles. The zero-order chi connectivity index (χ0) is 9.84. The van der Waals surface area contributed by atoms with Gasteiger partial charge in [-0.25, -0.2) is 9.97 Å². The van der Waals surface area contributed by atoms with Crippen LogP contribution in [0.5, 0.6) is 0 Å². The highest BCUT2D eigenvalue weighted by Crippen LogP contribution is 2.12. The monoisotopic (exact) mass is 179 g/mol. The number of rotatable bonds is 3. The van der Waals surface area contributed by atoms with Gasteiger partial charge in [-0.05, 0) is 20.3 Å². The normalized spacial score (nSPS) is 12.9. The van der Waals surface area contributed by atoms with E-state index in [0.29, 0.717) is 0 Å². The molecule has 0 amide bonds. The minimum atomic E-state index is 0.0238. The van der Waals surface area contributed by atoms with Gasteiger partial charge in [-0.1, -0.05) is 6.92 Å². The lowest BCUT2D eigenvalue weighted by atomic mass is 10.1. The second-order valence-electron chi connectivity index (χ2n) is 3.37. The fourth-order valence-electron chi connectivity index (χ4n) is 1.32. The molecule has 72 valence electrons. The van der Waals surface area contributed by atoms with Crippen molar-refractivity contribution < 1.29 is 0 Å². The number of aryl methyl sites for hydroxylation is 2. The first-order valence-electron chi connectivity index (χ1n) is 4.73. The maximum absolute atomic E-state index is 5.76. The predicted molar refractivity (Wildman–Crippen MR) is 53.4 cm³/mol. The van der Waals surface area contributed by atoms with Gasteiger partial charge in [0.1, 0.15) is 5.82 Å². The van der Waals surface area contributed by atoms with E-state index in [0.717, 1.165) is 29.9 Å². The standard InChI is InChI=1S/C10H17N3/c1-4-5-10-12-6-9(7(2)11)8(3)13-10/h6-7H,4-5,11H2,1-3H3/t7-/m1/s1. The lowest BCUT2D eigenvalue weighted by molar-refractivity contribution is 0.759. The average molecular weight is 179 g/mol. The van der Waals surface area contributed by atoms with E-state index in [1.54, 1.807) is 0 Å².